The molecule has 2 N–H and O–H groups in total. The SMILES string of the molecule is CN(C(=O)c1ccc2nc(N)c3cncn3c2c1)[C@@H]1COc2cc(Br)ccc21. The predicted molar refractivity (Wildman–Crippen MR) is 109 cm³/mol. The Labute approximate surface area is 168 Å². The molecule has 28 heavy (non-hydrogen) atoms. The van der Waals surface area contributed by atoms with Gasteiger partial charge in [0.2, 0.25) is 0 Å². The van der Waals surface area contributed by atoms with E-state index in [1.165, 1.54) is 0 Å². The Bertz CT molecular complexity index is 1250. The summed E-state index contributed by atoms with van der Waals surface area (Å²) in [5, 5.41) is 0. The number of amides is 1. The minimum absolute atomic E-state index is 0.0867. The molecule has 3 heterocycles. The highest BCUT2D eigenvalue weighted by Gasteiger charge is 2.31. The lowest BCUT2D eigenvalue weighted by Crippen LogP contribution is -2.32. The molecule has 2 aromatic carbocycles. The number of halogens is 1. The number of nitrogens with zero attached hydrogens (tertiary/aromatic N) is 4. The van der Waals surface area contributed by atoms with Gasteiger partial charge in [-0.05, 0) is 30.3 Å². The van der Waals surface area contributed by atoms with E-state index in [4.69, 9.17) is 10.5 Å². The van der Waals surface area contributed by atoms with Crippen molar-refractivity contribution in [3.63, 3.8) is 0 Å². The van der Waals surface area contributed by atoms with Crippen LogP contribution in [-0.2, 0) is 0 Å². The molecule has 0 bridgehead atoms. The largest absolute Gasteiger partial charge is 0.491 e. The monoisotopic (exact) mass is 437 g/mol. The fourth-order valence-electron chi connectivity index (χ4n) is 3.64. The number of nitrogen functional groups attached to an aromatic ring is 1. The van der Waals surface area contributed by atoms with Crippen LogP contribution in [0.15, 0.2) is 53.4 Å². The molecule has 1 atom stereocenters. The normalized spacial score (nSPS) is 15.6. The van der Waals surface area contributed by atoms with Crippen molar-refractivity contribution in [3.05, 3.63) is 64.5 Å². The zero-order valence-electron chi connectivity index (χ0n) is 15.0. The highest BCUT2D eigenvalue weighted by atomic mass is 79.9. The van der Waals surface area contributed by atoms with Crippen LogP contribution in [0.2, 0.25) is 0 Å². The number of benzene rings is 2. The zero-order chi connectivity index (χ0) is 19.4. The summed E-state index contributed by atoms with van der Waals surface area (Å²) < 4.78 is 8.57. The first-order valence-corrected chi connectivity index (χ1v) is 9.53. The van der Waals surface area contributed by atoms with Gasteiger partial charge in [0.05, 0.1) is 29.6 Å². The van der Waals surface area contributed by atoms with Crippen LogP contribution in [-0.4, -0.2) is 38.8 Å². The Morgan fingerprint density at radius 2 is 2.14 bits per heavy atom. The third-order valence-electron chi connectivity index (χ3n) is 5.14. The van der Waals surface area contributed by atoms with Gasteiger partial charge in [0, 0.05) is 22.6 Å². The molecule has 1 aliphatic heterocycles. The van der Waals surface area contributed by atoms with Crippen LogP contribution in [0, 0.1) is 0 Å². The van der Waals surface area contributed by atoms with E-state index in [0.717, 1.165) is 21.3 Å². The second-order valence-corrected chi connectivity index (χ2v) is 7.69. The standard InChI is InChI=1S/C20H16BrN5O2/c1-25(17-9-28-18-7-12(21)3-4-13(17)18)20(27)11-2-5-14-15(6-11)26-10-23-8-16(26)19(22)24-14/h2-8,10,17H,9H2,1H3,(H2,22,24)/t17-/m1/s1. The lowest BCUT2D eigenvalue weighted by atomic mass is 10.1. The smallest absolute Gasteiger partial charge is 0.254 e. The number of fused-ring (bicyclic) bond motifs is 4. The third kappa shape index (κ3) is 2.52. The summed E-state index contributed by atoms with van der Waals surface area (Å²) in [4.78, 5) is 23.5. The van der Waals surface area contributed by atoms with Gasteiger partial charge in [-0.3, -0.25) is 9.20 Å². The highest BCUT2D eigenvalue weighted by molar-refractivity contribution is 9.10. The first kappa shape index (κ1) is 17.0. The number of carbonyl (C=O) groups excluding carboxylic acids is 1. The van der Waals surface area contributed by atoms with Gasteiger partial charge in [0.1, 0.15) is 23.7 Å². The van der Waals surface area contributed by atoms with Crippen molar-refractivity contribution in [1.29, 1.82) is 0 Å². The van der Waals surface area contributed by atoms with Crippen LogP contribution < -0.4 is 10.5 Å². The number of imidazole rings is 1. The van der Waals surface area contributed by atoms with Gasteiger partial charge in [-0.15, -0.1) is 0 Å². The number of hydrogen-bond donors (Lipinski definition) is 1. The van der Waals surface area contributed by atoms with Crippen molar-refractivity contribution in [2.24, 2.45) is 0 Å². The highest BCUT2D eigenvalue weighted by Crippen LogP contribution is 2.37. The quantitative estimate of drug-likeness (QED) is 0.519. The zero-order valence-corrected chi connectivity index (χ0v) is 16.5. The third-order valence-corrected chi connectivity index (χ3v) is 5.64. The minimum atomic E-state index is -0.135. The fourth-order valence-corrected chi connectivity index (χ4v) is 3.98. The molecule has 1 aliphatic rings. The fraction of sp³-hybridized carbons (Fsp3) is 0.150. The molecule has 0 saturated heterocycles. The number of nitrogens with two attached hydrogens (primary N) is 1. The van der Waals surface area contributed by atoms with Crippen LogP contribution in [0.5, 0.6) is 5.75 Å². The molecule has 0 radical (unpaired) electrons. The van der Waals surface area contributed by atoms with Crippen molar-refractivity contribution in [2.75, 3.05) is 19.4 Å². The second-order valence-electron chi connectivity index (χ2n) is 6.77. The Morgan fingerprint density at radius 1 is 1.29 bits per heavy atom. The van der Waals surface area contributed by atoms with E-state index in [1.807, 2.05) is 34.7 Å². The van der Waals surface area contributed by atoms with E-state index in [1.54, 1.807) is 30.5 Å². The van der Waals surface area contributed by atoms with Gasteiger partial charge in [-0.25, -0.2) is 9.97 Å². The molecule has 0 unspecified atom stereocenters. The van der Waals surface area contributed by atoms with E-state index in [-0.39, 0.29) is 11.9 Å². The first-order valence-electron chi connectivity index (χ1n) is 8.73. The van der Waals surface area contributed by atoms with Gasteiger partial charge in [-0.1, -0.05) is 22.0 Å². The van der Waals surface area contributed by atoms with E-state index >= 15 is 0 Å². The minimum Gasteiger partial charge on any atom is -0.491 e. The second kappa shape index (κ2) is 6.20. The molecule has 7 nitrogen and oxygen atoms in total. The average Bonchev–Trinajstić information content (AvgIpc) is 3.34. The molecule has 140 valence electrons. The molecular formula is C20H16BrN5O2. The molecular weight excluding hydrogens is 422 g/mol. The van der Waals surface area contributed by atoms with E-state index < -0.39 is 0 Å². The summed E-state index contributed by atoms with van der Waals surface area (Å²) in [7, 11) is 1.80. The number of aromatic nitrogens is 3. The van der Waals surface area contributed by atoms with Gasteiger partial charge >= 0.3 is 0 Å². The molecule has 0 saturated carbocycles. The van der Waals surface area contributed by atoms with E-state index in [9.17, 15) is 4.79 Å². The van der Waals surface area contributed by atoms with Crippen LogP contribution >= 0.6 is 15.9 Å². The van der Waals surface area contributed by atoms with Gasteiger partial charge in [0.15, 0.2) is 0 Å². The van der Waals surface area contributed by atoms with Crippen LogP contribution in [0.1, 0.15) is 22.0 Å². The van der Waals surface area contributed by atoms with Crippen LogP contribution in [0.3, 0.4) is 0 Å². The number of ether oxygens (including phenoxy) is 1. The Kier molecular flexibility index (Phi) is 3.77. The number of carbonyl (C=O) groups is 1. The van der Waals surface area contributed by atoms with Crippen molar-refractivity contribution < 1.29 is 9.53 Å². The maximum Gasteiger partial charge on any atom is 0.254 e. The molecule has 1 amide bonds. The van der Waals surface area contributed by atoms with Crippen molar-refractivity contribution >= 4 is 44.2 Å². The number of hydrogen-bond acceptors (Lipinski definition) is 5. The van der Waals surface area contributed by atoms with Gasteiger partial charge < -0.3 is 15.4 Å². The molecule has 0 spiro atoms. The summed E-state index contributed by atoms with van der Waals surface area (Å²) in [5.41, 5.74) is 9.78. The lowest BCUT2D eigenvalue weighted by Gasteiger charge is -2.24. The molecule has 0 fully saturated rings. The number of rotatable bonds is 2. The maximum atomic E-state index is 13.2. The summed E-state index contributed by atoms with van der Waals surface area (Å²) >= 11 is 3.45. The van der Waals surface area contributed by atoms with E-state index in [2.05, 4.69) is 25.9 Å². The molecule has 5 rings (SSSR count). The Morgan fingerprint density at radius 3 is 3.00 bits per heavy atom. The predicted octanol–water partition coefficient (Wildman–Crippen LogP) is 3.43. The number of anilines is 1. The van der Waals surface area contributed by atoms with Crippen LogP contribution in [0.25, 0.3) is 16.6 Å². The molecule has 4 aromatic rings. The summed E-state index contributed by atoms with van der Waals surface area (Å²) in [6, 6.07) is 11.1. The molecule has 0 aliphatic carbocycles. The Hall–Kier alpha value is -3.13. The summed E-state index contributed by atoms with van der Waals surface area (Å²) in [5.74, 6) is 1.13. The van der Waals surface area contributed by atoms with Gasteiger partial charge in [0.25, 0.3) is 5.91 Å². The maximum absolute atomic E-state index is 13.2. The van der Waals surface area contributed by atoms with Crippen molar-refractivity contribution in [2.45, 2.75) is 6.04 Å². The topological polar surface area (TPSA) is 85.8 Å². The van der Waals surface area contributed by atoms with Crippen molar-refractivity contribution in [1.82, 2.24) is 19.3 Å². The average molecular weight is 438 g/mol. The van der Waals surface area contributed by atoms with Crippen LogP contribution in [0.4, 0.5) is 5.82 Å². The molecule has 8 heteroatoms. The summed E-state index contributed by atoms with van der Waals surface area (Å²) in [6.07, 6.45) is 3.33. The Balaban J connectivity index is 1.54. The number of likely N-dealkylation sites (N-methyl/N-ethyl adjacent to an activating group) is 1. The molecule has 2 aromatic heterocycles. The van der Waals surface area contributed by atoms with E-state index in [0.29, 0.717) is 29.0 Å². The van der Waals surface area contributed by atoms with Crippen molar-refractivity contribution in [3.8, 4) is 5.75 Å². The van der Waals surface area contributed by atoms with Gasteiger partial charge in [-0.2, -0.15) is 0 Å². The first-order chi connectivity index (χ1) is 13.5. The summed E-state index contributed by atoms with van der Waals surface area (Å²) in [6.45, 7) is 0.436. The lowest BCUT2D eigenvalue weighted by molar-refractivity contribution is 0.0708.